The molecule has 0 saturated carbocycles. The van der Waals surface area contributed by atoms with E-state index >= 15 is 0 Å². The topological polar surface area (TPSA) is 84.5 Å². The second kappa shape index (κ2) is 6.10. The molecule has 0 saturated heterocycles. The van der Waals surface area contributed by atoms with Gasteiger partial charge in [0.25, 0.3) is 17.7 Å². The van der Waals surface area contributed by atoms with Crippen LogP contribution in [0.2, 0.25) is 5.02 Å². The van der Waals surface area contributed by atoms with Gasteiger partial charge in [0, 0.05) is 5.02 Å². The molecule has 0 bridgehead atoms. The molecule has 3 amide bonds. The van der Waals surface area contributed by atoms with E-state index in [1.165, 1.54) is 6.07 Å². The molecule has 6 nitrogen and oxygen atoms in total. The van der Waals surface area contributed by atoms with Gasteiger partial charge >= 0.3 is 0 Å². The van der Waals surface area contributed by atoms with E-state index in [0.717, 1.165) is 0 Å². The van der Waals surface area contributed by atoms with Crippen LogP contribution in [0.4, 0.5) is 5.69 Å². The fourth-order valence-electron chi connectivity index (χ4n) is 2.19. The number of benzene rings is 2. The first-order chi connectivity index (χ1) is 11.0. The van der Waals surface area contributed by atoms with Crippen LogP contribution in [0.1, 0.15) is 20.7 Å². The van der Waals surface area contributed by atoms with E-state index in [4.69, 9.17) is 16.3 Å². The summed E-state index contributed by atoms with van der Waals surface area (Å²) in [6.45, 7) is -0.235. The van der Waals surface area contributed by atoms with Crippen LogP contribution in [-0.4, -0.2) is 24.3 Å². The summed E-state index contributed by atoms with van der Waals surface area (Å²) < 4.78 is 5.32. The molecule has 0 radical (unpaired) electrons. The lowest BCUT2D eigenvalue weighted by Gasteiger charge is -2.09. The number of anilines is 1. The molecule has 3 rings (SSSR count). The summed E-state index contributed by atoms with van der Waals surface area (Å²) >= 11 is 5.76. The number of nitrogens with one attached hydrogen (secondary N) is 2. The lowest BCUT2D eigenvalue weighted by Crippen LogP contribution is -2.23. The molecule has 0 spiro atoms. The Morgan fingerprint density at radius 3 is 2.57 bits per heavy atom. The second-order valence-corrected chi connectivity index (χ2v) is 5.24. The number of hydrogen-bond donors (Lipinski definition) is 2. The number of amides is 3. The number of fused-ring (bicyclic) bond motifs is 1. The van der Waals surface area contributed by atoms with Crippen LogP contribution >= 0.6 is 11.6 Å². The minimum Gasteiger partial charge on any atom is -0.484 e. The van der Waals surface area contributed by atoms with E-state index < -0.39 is 17.7 Å². The van der Waals surface area contributed by atoms with Gasteiger partial charge in [-0.1, -0.05) is 17.7 Å². The molecule has 2 aromatic carbocycles. The quantitative estimate of drug-likeness (QED) is 0.842. The van der Waals surface area contributed by atoms with Gasteiger partial charge in [-0.25, -0.2) is 0 Å². The van der Waals surface area contributed by atoms with Crippen molar-refractivity contribution < 1.29 is 19.1 Å². The maximum absolute atomic E-state index is 12.0. The lowest BCUT2D eigenvalue weighted by atomic mass is 10.1. The van der Waals surface area contributed by atoms with Crippen LogP contribution in [0.3, 0.4) is 0 Å². The number of imide groups is 1. The van der Waals surface area contributed by atoms with Gasteiger partial charge in [0.1, 0.15) is 5.75 Å². The van der Waals surface area contributed by atoms with Gasteiger partial charge in [0.2, 0.25) is 0 Å². The molecular weight excluding hydrogens is 320 g/mol. The van der Waals surface area contributed by atoms with Gasteiger partial charge in [-0.2, -0.15) is 0 Å². The summed E-state index contributed by atoms with van der Waals surface area (Å²) in [5.41, 5.74) is 0.680. The van der Waals surface area contributed by atoms with Gasteiger partial charge in [-0.15, -0.1) is 0 Å². The van der Waals surface area contributed by atoms with Crippen LogP contribution in [0, 0.1) is 0 Å². The zero-order valence-electron chi connectivity index (χ0n) is 11.8. The van der Waals surface area contributed by atoms with Crippen LogP contribution in [-0.2, 0) is 4.79 Å². The summed E-state index contributed by atoms with van der Waals surface area (Å²) in [6, 6.07) is 11.2. The average Bonchev–Trinajstić information content (AvgIpc) is 2.82. The molecule has 1 heterocycles. The number of halogens is 1. The lowest BCUT2D eigenvalue weighted by molar-refractivity contribution is -0.118. The Kier molecular flexibility index (Phi) is 3.99. The largest absolute Gasteiger partial charge is 0.484 e. The van der Waals surface area contributed by atoms with Crippen molar-refractivity contribution in [1.29, 1.82) is 0 Å². The summed E-state index contributed by atoms with van der Waals surface area (Å²) in [6.07, 6.45) is 0. The highest BCUT2D eigenvalue weighted by Crippen LogP contribution is 2.24. The summed E-state index contributed by atoms with van der Waals surface area (Å²) in [7, 11) is 0. The maximum atomic E-state index is 12.0. The van der Waals surface area contributed by atoms with E-state index in [9.17, 15) is 14.4 Å². The number of carbonyl (C=O) groups excluding carboxylic acids is 3. The molecule has 0 atom stereocenters. The van der Waals surface area contributed by atoms with E-state index in [1.807, 2.05) is 0 Å². The molecule has 1 aliphatic rings. The molecule has 0 aromatic heterocycles. The average molecular weight is 331 g/mol. The number of hydrogen-bond acceptors (Lipinski definition) is 4. The Bertz CT molecular complexity index is 802. The van der Waals surface area contributed by atoms with Crippen molar-refractivity contribution >= 4 is 35.0 Å². The monoisotopic (exact) mass is 330 g/mol. The Hall–Kier alpha value is -2.86. The van der Waals surface area contributed by atoms with Crippen LogP contribution in [0.5, 0.6) is 5.75 Å². The molecule has 0 fully saturated rings. The Morgan fingerprint density at radius 2 is 1.83 bits per heavy atom. The third-order valence-corrected chi connectivity index (χ3v) is 3.47. The van der Waals surface area contributed by atoms with Crippen molar-refractivity contribution in [1.82, 2.24) is 5.32 Å². The molecule has 2 aromatic rings. The Morgan fingerprint density at radius 1 is 1.09 bits per heavy atom. The highest BCUT2D eigenvalue weighted by Gasteiger charge is 2.29. The van der Waals surface area contributed by atoms with Crippen LogP contribution < -0.4 is 15.4 Å². The van der Waals surface area contributed by atoms with Crippen LogP contribution in [0.15, 0.2) is 42.5 Å². The molecule has 7 heteroatoms. The van der Waals surface area contributed by atoms with Crippen LogP contribution in [0.25, 0.3) is 0 Å². The van der Waals surface area contributed by atoms with E-state index in [-0.39, 0.29) is 23.4 Å². The third kappa shape index (κ3) is 3.17. The maximum Gasteiger partial charge on any atom is 0.262 e. The summed E-state index contributed by atoms with van der Waals surface area (Å²) in [4.78, 5) is 35.3. The van der Waals surface area contributed by atoms with Crippen molar-refractivity contribution in [3.05, 3.63) is 58.6 Å². The Balaban J connectivity index is 1.68. The van der Waals surface area contributed by atoms with Crippen molar-refractivity contribution in [2.24, 2.45) is 0 Å². The van der Waals surface area contributed by atoms with Gasteiger partial charge in [0.05, 0.1) is 16.8 Å². The van der Waals surface area contributed by atoms with Gasteiger partial charge < -0.3 is 10.1 Å². The normalized spacial score (nSPS) is 12.6. The number of rotatable bonds is 4. The summed E-state index contributed by atoms with van der Waals surface area (Å²) in [5, 5.41) is 5.32. The molecule has 116 valence electrons. The van der Waals surface area contributed by atoms with Crippen molar-refractivity contribution in [2.75, 3.05) is 11.9 Å². The predicted molar refractivity (Wildman–Crippen MR) is 83.8 cm³/mol. The SMILES string of the molecule is O=C(COc1ccc(Cl)cc1)Nc1cccc2c1C(=O)NC2=O. The highest BCUT2D eigenvalue weighted by atomic mass is 35.5. The first-order valence-corrected chi connectivity index (χ1v) is 7.09. The zero-order valence-corrected chi connectivity index (χ0v) is 12.5. The minimum absolute atomic E-state index is 0.164. The Labute approximate surface area is 136 Å². The molecule has 2 N–H and O–H groups in total. The van der Waals surface area contributed by atoms with E-state index in [2.05, 4.69) is 10.6 Å². The first kappa shape index (κ1) is 15.1. The molecular formula is C16H11ClN2O4. The van der Waals surface area contributed by atoms with Crippen molar-refractivity contribution in [3.63, 3.8) is 0 Å². The van der Waals surface area contributed by atoms with Crippen molar-refractivity contribution in [2.45, 2.75) is 0 Å². The van der Waals surface area contributed by atoms with Gasteiger partial charge in [-0.05, 0) is 36.4 Å². The van der Waals surface area contributed by atoms with Gasteiger partial charge in [0.15, 0.2) is 6.61 Å². The predicted octanol–water partition coefficient (Wildman–Crippen LogP) is 2.24. The standard InChI is InChI=1S/C16H11ClN2O4/c17-9-4-6-10(7-5-9)23-8-13(20)18-12-3-1-2-11-14(12)16(22)19-15(11)21/h1-7H,8H2,(H,18,20)(H,19,21,22). The van der Waals surface area contributed by atoms with E-state index in [0.29, 0.717) is 10.8 Å². The molecule has 1 aliphatic heterocycles. The molecule has 0 unspecified atom stereocenters. The smallest absolute Gasteiger partial charge is 0.262 e. The third-order valence-electron chi connectivity index (χ3n) is 3.22. The van der Waals surface area contributed by atoms with Gasteiger partial charge in [-0.3, -0.25) is 19.7 Å². The van der Waals surface area contributed by atoms with Crippen molar-refractivity contribution in [3.8, 4) is 5.75 Å². The second-order valence-electron chi connectivity index (χ2n) is 4.80. The van der Waals surface area contributed by atoms with E-state index in [1.54, 1.807) is 36.4 Å². The minimum atomic E-state index is -0.528. The zero-order chi connectivity index (χ0) is 16.4. The highest BCUT2D eigenvalue weighted by molar-refractivity contribution is 6.30. The fourth-order valence-corrected chi connectivity index (χ4v) is 2.32. The fraction of sp³-hybridized carbons (Fsp3) is 0.0625. The summed E-state index contributed by atoms with van der Waals surface area (Å²) in [5.74, 6) is -0.950. The number of carbonyl (C=O) groups is 3. The molecule has 23 heavy (non-hydrogen) atoms. The molecule has 0 aliphatic carbocycles. The first-order valence-electron chi connectivity index (χ1n) is 6.71. The number of ether oxygens (including phenoxy) is 1.